The Bertz CT molecular complexity index is 305. The van der Waals surface area contributed by atoms with E-state index < -0.39 is 10.0 Å². The van der Waals surface area contributed by atoms with Crippen LogP contribution >= 0.6 is 12.4 Å². The van der Waals surface area contributed by atoms with Gasteiger partial charge in [0, 0.05) is 26.2 Å². The van der Waals surface area contributed by atoms with Crippen LogP contribution < -0.4 is 5.73 Å². The number of halogens is 1. The second-order valence-electron chi connectivity index (χ2n) is 4.37. The molecule has 0 aliphatic carbocycles. The number of ether oxygens (including phenoxy) is 1. The SMILES string of the molecule is CC(CN)N(C)S(=O)(=O)CC1CCCCO1.Cl. The maximum absolute atomic E-state index is 12.0. The third kappa shape index (κ3) is 5.09. The van der Waals surface area contributed by atoms with Crippen LogP contribution in [0.5, 0.6) is 0 Å². The van der Waals surface area contributed by atoms with Crippen LogP contribution in [0.1, 0.15) is 26.2 Å². The van der Waals surface area contributed by atoms with Crippen LogP contribution in [0.3, 0.4) is 0 Å². The highest BCUT2D eigenvalue weighted by molar-refractivity contribution is 7.89. The van der Waals surface area contributed by atoms with Gasteiger partial charge in [-0.2, -0.15) is 0 Å². The van der Waals surface area contributed by atoms with Gasteiger partial charge in [0.15, 0.2) is 0 Å². The van der Waals surface area contributed by atoms with Crippen molar-refractivity contribution in [2.24, 2.45) is 5.73 Å². The Kier molecular flexibility index (Phi) is 7.58. The fourth-order valence-electron chi connectivity index (χ4n) is 1.71. The van der Waals surface area contributed by atoms with E-state index in [1.807, 2.05) is 0 Å². The summed E-state index contributed by atoms with van der Waals surface area (Å²) in [5.41, 5.74) is 5.47. The van der Waals surface area contributed by atoms with Crippen LogP contribution in [-0.2, 0) is 14.8 Å². The lowest BCUT2D eigenvalue weighted by molar-refractivity contribution is 0.0298. The monoisotopic (exact) mass is 286 g/mol. The minimum absolute atomic E-state index is 0. The third-order valence-corrected chi connectivity index (χ3v) is 5.10. The average Bonchev–Trinajstić information content (AvgIpc) is 2.27. The molecule has 2 atom stereocenters. The van der Waals surface area contributed by atoms with E-state index >= 15 is 0 Å². The molecule has 2 N–H and O–H groups in total. The van der Waals surface area contributed by atoms with Crippen molar-refractivity contribution in [3.8, 4) is 0 Å². The van der Waals surface area contributed by atoms with E-state index in [4.69, 9.17) is 10.5 Å². The van der Waals surface area contributed by atoms with Crippen LogP contribution in [-0.4, -0.2) is 50.8 Å². The molecular weight excluding hydrogens is 264 g/mol. The van der Waals surface area contributed by atoms with E-state index in [0.29, 0.717) is 13.2 Å². The van der Waals surface area contributed by atoms with E-state index in [2.05, 4.69) is 0 Å². The molecule has 5 nitrogen and oxygen atoms in total. The van der Waals surface area contributed by atoms with Crippen molar-refractivity contribution in [3.05, 3.63) is 0 Å². The van der Waals surface area contributed by atoms with Crippen LogP contribution in [0.4, 0.5) is 0 Å². The van der Waals surface area contributed by atoms with Gasteiger partial charge < -0.3 is 10.5 Å². The smallest absolute Gasteiger partial charge is 0.216 e. The molecule has 1 heterocycles. The summed E-state index contributed by atoms with van der Waals surface area (Å²) in [7, 11) is -1.66. The van der Waals surface area contributed by atoms with Gasteiger partial charge in [0.25, 0.3) is 0 Å². The highest BCUT2D eigenvalue weighted by Crippen LogP contribution is 2.16. The predicted molar refractivity (Wildman–Crippen MR) is 70.9 cm³/mol. The summed E-state index contributed by atoms with van der Waals surface area (Å²) in [6.07, 6.45) is 2.78. The van der Waals surface area contributed by atoms with Crippen molar-refractivity contribution >= 4 is 22.4 Å². The Labute approximate surface area is 110 Å². The predicted octanol–water partition coefficient (Wildman–Crippen LogP) is 0.586. The summed E-state index contributed by atoms with van der Waals surface area (Å²) in [6.45, 7) is 2.82. The molecule has 2 unspecified atom stereocenters. The lowest BCUT2D eigenvalue weighted by atomic mass is 10.1. The van der Waals surface area contributed by atoms with Gasteiger partial charge in [-0.05, 0) is 26.2 Å². The van der Waals surface area contributed by atoms with Gasteiger partial charge in [-0.25, -0.2) is 12.7 Å². The highest BCUT2D eigenvalue weighted by Gasteiger charge is 2.27. The van der Waals surface area contributed by atoms with Crippen molar-refractivity contribution in [2.45, 2.75) is 38.3 Å². The Balaban J connectivity index is 0.00000256. The molecule has 0 saturated carbocycles. The second-order valence-corrected chi connectivity index (χ2v) is 6.44. The Morgan fingerprint density at radius 1 is 1.47 bits per heavy atom. The van der Waals surface area contributed by atoms with Crippen LogP contribution in [0.15, 0.2) is 0 Å². The number of nitrogens with zero attached hydrogens (tertiary/aromatic N) is 1. The molecule has 0 aromatic carbocycles. The molecular formula is C10H23ClN2O3S. The molecule has 1 aliphatic rings. The van der Waals surface area contributed by atoms with Gasteiger partial charge in [-0.1, -0.05) is 0 Å². The first kappa shape index (κ1) is 17.1. The molecule has 0 aromatic rings. The van der Waals surface area contributed by atoms with Crippen molar-refractivity contribution in [1.82, 2.24) is 4.31 Å². The van der Waals surface area contributed by atoms with Crippen LogP contribution in [0, 0.1) is 0 Å². The molecule has 17 heavy (non-hydrogen) atoms. The van der Waals surface area contributed by atoms with Crippen molar-refractivity contribution < 1.29 is 13.2 Å². The van der Waals surface area contributed by atoms with Crippen molar-refractivity contribution in [3.63, 3.8) is 0 Å². The summed E-state index contributed by atoms with van der Waals surface area (Å²) < 4.78 is 30.8. The largest absolute Gasteiger partial charge is 0.377 e. The van der Waals surface area contributed by atoms with E-state index in [1.54, 1.807) is 14.0 Å². The average molecular weight is 287 g/mol. The Hall–Kier alpha value is 0.120. The standard InChI is InChI=1S/C10H22N2O3S.ClH/c1-9(7-11)12(2)16(13,14)8-10-5-3-4-6-15-10;/h9-10H,3-8,11H2,1-2H3;1H. The van der Waals surface area contributed by atoms with Crippen molar-refractivity contribution in [2.75, 3.05) is 26.0 Å². The zero-order chi connectivity index (χ0) is 12.2. The van der Waals surface area contributed by atoms with E-state index in [9.17, 15) is 8.42 Å². The fraction of sp³-hybridized carbons (Fsp3) is 1.00. The molecule has 7 heteroatoms. The molecule has 0 bridgehead atoms. The molecule has 0 spiro atoms. The first-order valence-electron chi connectivity index (χ1n) is 5.74. The molecule has 0 aromatic heterocycles. The summed E-state index contributed by atoms with van der Waals surface area (Å²) in [6, 6.07) is -0.159. The van der Waals surface area contributed by atoms with Gasteiger partial charge in [0.2, 0.25) is 10.0 Å². The maximum atomic E-state index is 12.0. The van der Waals surface area contributed by atoms with Gasteiger partial charge >= 0.3 is 0 Å². The summed E-state index contributed by atoms with van der Waals surface area (Å²) in [4.78, 5) is 0. The lowest BCUT2D eigenvalue weighted by Crippen LogP contribution is -2.43. The number of nitrogens with two attached hydrogens (primary N) is 1. The molecule has 0 amide bonds. The van der Waals surface area contributed by atoms with E-state index in [1.165, 1.54) is 4.31 Å². The third-order valence-electron chi connectivity index (χ3n) is 3.07. The summed E-state index contributed by atoms with van der Waals surface area (Å²) >= 11 is 0. The fourth-order valence-corrected chi connectivity index (χ4v) is 3.32. The molecule has 1 rings (SSSR count). The molecule has 1 saturated heterocycles. The number of sulfonamides is 1. The number of hydrogen-bond acceptors (Lipinski definition) is 4. The Morgan fingerprint density at radius 2 is 2.12 bits per heavy atom. The lowest BCUT2D eigenvalue weighted by Gasteiger charge is -2.27. The van der Waals surface area contributed by atoms with Gasteiger partial charge in [0.05, 0.1) is 11.9 Å². The summed E-state index contributed by atoms with van der Waals surface area (Å²) in [5.74, 6) is 0.0772. The van der Waals surface area contributed by atoms with Gasteiger partial charge in [-0.15, -0.1) is 12.4 Å². The van der Waals surface area contributed by atoms with Crippen LogP contribution in [0.2, 0.25) is 0 Å². The zero-order valence-corrected chi connectivity index (χ0v) is 12.1. The number of hydrogen-bond donors (Lipinski definition) is 1. The highest BCUT2D eigenvalue weighted by atomic mass is 35.5. The molecule has 0 radical (unpaired) electrons. The second kappa shape index (κ2) is 7.53. The van der Waals surface area contributed by atoms with E-state index in [-0.39, 0.29) is 30.3 Å². The van der Waals surface area contributed by atoms with Gasteiger partial charge in [0.1, 0.15) is 0 Å². The van der Waals surface area contributed by atoms with E-state index in [0.717, 1.165) is 19.3 Å². The number of rotatable bonds is 5. The van der Waals surface area contributed by atoms with Gasteiger partial charge in [-0.3, -0.25) is 0 Å². The molecule has 1 aliphatic heterocycles. The zero-order valence-electron chi connectivity index (χ0n) is 10.5. The normalized spacial score (nSPS) is 23.2. The summed E-state index contributed by atoms with van der Waals surface area (Å²) in [5, 5.41) is 0. The van der Waals surface area contributed by atoms with Crippen molar-refractivity contribution in [1.29, 1.82) is 0 Å². The minimum Gasteiger partial charge on any atom is -0.377 e. The first-order chi connectivity index (χ1) is 7.47. The molecule has 1 fully saturated rings. The minimum atomic E-state index is -3.24. The Morgan fingerprint density at radius 3 is 2.59 bits per heavy atom. The quantitative estimate of drug-likeness (QED) is 0.803. The first-order valence-corrected chi connectivity index (χ1v) is 7.35. The van der Waals surface area contributed by atoms with Crippen LogP contribution in [0.25, 0.3) is 0 Å². The molecule has 104 valence electrons. The maximum Gasteiger partial charge on any atom is 0.216 e. The topological polar surface area (TPSA) is 72.6 Å². The number of likely N-dealkylation sites (N-methyl/N-ethyl adjacent to an activating group) is 1.